The van der Waals surface area contributed by atoms with Crippen LogP contribution in [0.5, 0.6) is 0 Å². The molecule has 1 aromatic carbocycles. The third-order valence-electron chi connectivity index (χ3n) is 7.81. The quantitative estimate of drug-likeness (QED) is 0.514. The molecule has 1 amide bonds. The third kappa shape index (κ3) is 4.99. The first-order valence-electron chi connectivity index (χ1n) is 11.8. The van der Waals surface area contributed by atoms with Crippen molar-refractivity contribution in [3.05, 3.63) is 34.3 Å². The van der Waals surface area contributed by atoms with E-state index in [4.69, 9.17) is 11.6 Å². The largest absolute Gasteiger partial charge is 0.351 e. The molecule has 4 fully saturated rings. The Labute approximate surface area is 181 Å². The molecule has 0 aromatic heterocycles. The van der Waals surface area contributed by atoms with Crippen molar-refractivity contribution in [2.24, 2.45) is 23.2 Å². The first-order chi connectivity index (χ1) is 14.0. The fraction of sp³-hybridized carbons (Fsp3) is 0.720. The van der Waals surface area contributed by atoms with Crippen LogP contribution in [0, 0.1) is 23.2 Å². The van der Waals surface area contributed by atoms with E-state index in [2.05, 4.69) is 30.5 Å². The molecule has 4 aliphatic rings. The van der Waals surface area contributed by atoms with Crippen LogP contribution in [0.2, 0.25) is 5.02 Å². The summed E-state index contributed by atoms with van der Waals surface area (Å²) in [6.45, 7) is 6.25. The average molecular weight is 417 g/mol. The highest BCUT2D eigenvalue weighted by Gasteiger charge is 2.50. The molecule has 4 bridgehead atoms. The van der Waals surface area contributed by atoms with Crippen LogP contribution in [0.15, 0.2) is 18.2 Å². The fourth-order valence-corrected chi connectivity index (χ4v) is 6.76. The Hall–Kier alpha value is -1.06. The molecule has 0 radical (unpaired) electrons. The van der Waals surface area contributed by atoms with Gasteiger partial charge in [0, 0.05) is 12.6 Å². The molecule has 0 saturated heterocycles. The molecular weight excluding hydrogens is 380 g/mol. The van der Waals surface area contributed by atoms with Gasteiger partial charge in [0.2, 0.25) is 0 Å². The van der Waals surface area contributed by atoms with Crippen molar-refractivity contribution in [1.29, 1.82) is 0 Å². The second-order valence-corrected chi connectivity index (χ2v) is 10.7. The molecule has 1 unspecified atom stereocenters. The van der Waals surface area contributed by atoms with Crippen LogP contribution in [-0.4, -0.2) is 25.0 Å². The normalized spacial score (nSPS) is 31.1. The van der Waals surface area contributed by atoms with Crippen LogP contribution < -0.4 is 10.6 Å². The highest BCUT2D eigenvalue weighted by Crippen LogP contribution is 2.59. The topological polar surface area (TPSA) is 41.1 Å². The lowest BCUT2D eigenvalue weighted by Crippen LogP contribution is -2.51. The number of nitrogens with one attached hydrogen (secondary N) is 2. The second-order valence-electron chi connectivity index (χ2n) is 10.3. The number of halogens is 1. The number of carbonyl (C=O) groups excluding carboxylic acids is 1. The average Bonchev–Trinajstić information content (AvgIpc) is 2.69. The molecule has 5 rings (SSSR count). The molecular formula is C25H37ClN2O. The molecule has 160 valence electrons. The highest BCUT2D eigenvalue weighted by molar-refractivity contribution is 6.33. The Kier molecular flexibility index (Phi) is 6.56. The Morgan fingerprint density at radius 2 is 1.83 bits per heavy atom. The lowest BCUT2D eigenvalue weighted by molar-refractivity contribution is -0.0503. The number of hydrogen-bond donors (Lipinski definition) is 2. The van der Waals surface area contributed by atoms with E-state index in [9.17, 15) is 4.79 Å². The van der Waals surface area contributed by atoms with E-state index in [-0.39, 0.29) is 5.91 Å². The van der Waals surface area contributed by atoms with Crippen LogP contribution in [0.3, 0.4) is 0 Å². The molecule has 1 aromatic rings. The molecule has 4 aliphatic carbocycles. The zero-order valence-corrected chi connectivity index (χ0v) is 18.9. The molecule has 2 N–H and O–H groups in total. The summed E-state index contributed by atoms with van der Waals surface area (Å²) >= 11 is 6.39. The third-order valence-corrected chi connectivity index (χ3v) is 8.14. The van der Waals surface area contributed by atoms with Gasteiger partial charge < -0.3 is 10.6 Å². The van der Waals surface area contributed by atoms with Crippen molar-refractivity contribution < 1.29 is 4.79 Å². The van der Waals surface area contributed by atoms with Gasteiger partial charge in [0.1, 0.15) is 0 Å². The van der Waals surface area contributed by atoms with Gasteiger partial charge in [0.25, 0.3) is 5.91 Å². The minimum atomic E-state index is 0.00493. The molecule has 0 spiro atoms. The summed E-state index contributed by atoms with van der Waals surface area (Å²) < 4.78 is 0. The SMILES string of the molecule is CCC(C)NCCCc1ccc(Cl)c(C(=O)NCC23CC4CC(CC(C4)C2)C3)c1. The van der Waals surface area contributed by atoms with Crippen molar-refractivity contribution in [2.75, 3.05) is 13.1 Å². The first-order valence-corrected chi connectivity index (χ1v) is 12.1. The Bertz CT molecular complexity index is 696. The number of aryl methyl sites for hydroxylation is 1. The standard InChI is InChI=1S/C25H37ClN2O/c1-3-17(2)27-8-4-5-18-6-7-23(26)22(12-18)24(29)28-16-25-13-19-9-20(14-25)11-21(10-19)15-25/h6-7,12,17,19-21,27H,3-5,8-11,13-16H2,1-2H3,(H,28,29). The van der Waals surface area contributed by atoms with Gasteiger partial charge in [-0.3, -0.25) is 4.79 Å². The minimum absolute atomic E-state index is 0.00493. The van der Waals surface area contributed by atoms with Crippen molar-refractivity contribution in [3.8, 4) is 0 Å². The Morgan fingerprint density at radius 1 is 1.17 bits per heavy atom. The van der Waals surface area contributed by atoms with E-state index in [1.165, 1.54) is 44.1 Å². The summed E-state index contributed by atoms with van der Waals surface area (Å²) in [4.78, 5) is 13.0. The second kappa shape index (κ2) is 8.98. The van der Waals surface area contributed by atoms with Gasteiger partial charge in [-0.2, -0.15) is 0 Å². The maximum absolute atomic E-state index is 13.0. The zero-order chi connectivity index (χ0) is 20.4. The van der Waals surface area contributed by atoms with Crippen LogP contribution in [0.4, 0.5) is 0 Å². The summed E-state index contributed by atoms with van der Waals surface area (Å²) in [5.74, 6) is 2.74. The molecule has 4 saturated carbocycles. The fourth-order valence-electron chi connectivity index (χ4n) is 6.56. The van der Waals surface area contributed by atoms with Crippen molar-refractivity contribution in [1.82, 2.24) is 10.6 Å². The molecule has 29 heavy (non-hydrogen) atoms. The van der Waals surface area contributed by atoms with E-state index in [0.717, 1.165) is 50.1 Å². The predicted molar refractivity (Wildman–Crippen MR) is 120 cm³/mol. The predicted octanol–water partition coefficient (Wildman–Crippen LogP) is 5.61. The summed E-state index contributed by atoms with van der Waals surface area (Å²) in [6, 6.07) is 6.51. The van der Waals surface area contributed by atoms with Gasteiger partial charge in [-0.25, -0.2) is 0 Å². The number of hydrogen-bond acceptors (Lipinski definition) is 2. The maximum atomic E-state index is 13.0. The zero-order valence-electron chi connectivity index (χ0n) is 18.1. The molecule has 4 heteroatoms. The van der Waals surface area contributed by atoms with Crippen molar-refractivity contribution in [2.45, 2.75) is 77.7 Å². The van der Waals surface area contributed by atoms with Crippen LogP contribution in [-0.2, 0) is 6.42 Å². The van der Waals surface area contributed by atoms with Crippen LogP contribution in [0.1, 0.15) is 81.1 Å². The number of rotatable bonds is 9. The lowest BCUT2D eigenvalue weighted by Gasteiger charge is -2.56. The summed E-state index contributed by atoms with van der Waals surface area (Å²) in [6.07, 6.45) is 11.4. The van der Waals surface area contributed by atoms with Crippen molar-refractivity contribution in [3.63, 3.8) is 0 Å². The van der Waals surface area contributed by atoms with E-state index < -0.39 is 0 Å². The summed E-state index contributed by atoms with van der Waals surface area (Å²) in [7, 11) is 0. The molecule has 3 nitrogen and oxygen atoms in total. The van der Waals surface area contributed by atoms with E-state index in [1.54, 1.807) is 0 Å². The maximum Gasteiger partial charge on any atom is 0.252 e. The lowest BCUT2D eigenvalue weighted by atomic mass is 9.49. The Balaban J connectivity index is 1.32. The number of carbonyl (C=O) groups is 1. The number of benzene rings is 1. The van der Waals surface area contributed by atoms with E-state index >= 15 is 0 Å². The molecule has 1 atom stereocenters. The molecule has 0 heterocycles. The summed E-state index contributed by atoms with van der Waals surface area (Å²) in [5, 5.41) is 7.37. The summed E-state index contributed by atoms with van der Waals surface area (Å²) in [5.41, 5.74) is 2.19. The number of amides is 1. The smallest absolute Gasteiger partial charge is 0.252 e. The van der Waals surface area contributed by atoms with Gasteiger partial charge in [-0.05, 0) is 112 Å². The van der Waals surface area contributed by atoms with Crippen LogP contribution in [0.25, 0.3) is 0 Å². The van der Waals surface area contributed by atoms with Gasteiger partial charge in [0.15, 0.2) is 0 Å². The van der Waals surface area contributed by atoms with Gasteiger partial charge >= 0.3 is 0 Å². The first kappa shape index (κ1) is 21.2. The minimum Gasteiger partial charge on any atom is -0.351 e. The molecule has 0 aliphatic heterocycles. The van der Waals surface area contributed by atoms with Crippen molar-refractivity contribution >= 4 is 17.5 Å². The van der Waals surface area contributed by atoms with Crippen LogP contribution >= 0.6 is 11.6 Å². The Morgan fingerprint density at radius 3 is 2.45 bits per heavy atom. The van der Waals surface area contributed by atoms with Gasteiger partial charge in [-0.15, -0.1) is 0 Å². The highest BCUT2D eigenvalue weighted by atomic mass is 35.5. The van der Waals surface area contributed by atoms with Gasteiger partial charge in [0.05, 0.1) is 10.6 Å². The van der Waals surface area contributed by atoms with E-state index in [0.29, 0.717) is 22.0 Å². The monoisotopic (exact) mass is 416 g/mol. The van der Waals surface area contributed by atoms with E-state index in [1.807, 2.05) is 12.1 Å². The van der Waals surface area contributed by atoms with Gasteiger partial charge in [-0.1, -0.05) is 24.6 Å².